The van der Waals surface area contributed by atoms with Gasteiger partial charge in [-0.3, -0.25) is 4.79 Å². The van der Waals surface area contributed by atoms with Crippen molar-refractivity contribution in [1.29, 1.82) is 0 Å². The molecule has 0 aliphatic heterocycles. The second-order valence-corrected chi connectivity index (χ2v) is 5.55. The summed E-state index contributed by atoms with van der Waals surface area (Å²) < 4.78 is 5.71. The third-order valence-electron chi connectivity index (χ3n) is 3.61. The van der Waals surface area contributed by atoms with Crippen LogP contribution in [0.1, 0.15) is 46.5 Å². The summed E-state index contributed by atoms with van der Waals surface area (Å²) in [5.41, 5.74) is 0. The summed E-state index contributed by atoms with van der Waals surface area (Å²) in [6.45, 7) is 8.08. The second kappa shape index (κ2) is 8.48. The molecule has 106 valence electrons. The van der Waals surface area contributed by atoms with Gasteiger partial charge in [0.15, 0.2) is 0 Å². The van der Waals surface area contributed by atoms with Crippen molar-refractivity contribution in [2.45, 2.75) is 58.6 Å². The molecular formula is C14H28N2O2. The molecule has 1 amide bonds. The molecule has 4 heteroatoms. The molecule has 18 heavy (non-hydrogen) atoms. The fourth-order valence-electron chi connectivity index (χ4n) is 2.03. The van der Waals surface area contributed by atoms with Gasteiger partial charge in [-0.2, -0.15) is 0 Å². The number of carbonyl (C=O) groups excluding carboxylic acids is 1. The molecule has 1 unspecified atom stereocenters. The number of hydrogen-bond donors (Lipinski definition) is 2. The minimum absolute atomic E-state index is 0.0667. The minimum atomic E-state index is 0.0667. The van der Waals surface area contributed by atoms with Gasteiger partial charge in [0, 0.05) is 12.6 Å². The van der Waals surface area contributed by atoms with E-state index >= 15 is 0 Å². The number of hydrogen-bond acceptors (Lipinski definition) is 3. The molecule has 1 saturated carbocycles. The highest BCUT2D eigenvalue weighted by atomic mass is 16.5. The van der Waals surface area contributed by atoms with E-state index in [4.69, 9.17) is 4.74 Å². The maximum absolute atomic E-state index is 11.6. The topological polar surface area (TPSA) is 50.4 Å². The maximum Gasteiger partial charge on any atom is 0.234 e. The van der Waals surface area contributed by atoms with Crippen LogP contribution in [0.25, 0.3) is 0 Å². The Kier molecular flexibility index (Phi) is 7.28. The molecule has 0 heterocycles. The molecule has 0 aromatic carbocycles. The summed E-state index contributed by atoms with van der Waals surface area (Å²) in [6, 6.07) is 0.231. The minimum Gasteiger partial charge on any atom is -0.377 e. The van der Waals surface area contributed by atoms with Gasteiger partial charge in [-0.15, -0.1) is 0 Å². The molecule has 0 saturated heterocycles. The zero-order valence-electron chi connectivity index (χ0n) is 12.0. The van der Waals surface area contributed by atoms with Gasteiger partial charge in [0.05, 0.1) is 19.3 Å². The fraction of sp³-hybridized carbons (Fsp3) is 0.929. The Bertz CT molecular complexity index is 238. The van der Waals surface area contributed by atoms with Gasteiger partial charge in [-0.25, -0.2) is 0 Å². The molecule has 2 N–H and O–H groups in total. The molecule has 1 aliphatic rings. The van der Waals surface area contributed by atoms with Crippen LogP contribution >= 0.6 is 0 Å². The van der Waals surface area contributed by atoms with E-state index < -0.39 is 0 Å². The number of rotatable bonds is 8. The summed E-state index contributed by atoms with van der Waals surface area (Å²) in [4.78, 5) is 11.6. The standard InChI is InChI=1S/C14H28N2O2/c1-11(2)12(3)16-14(17)10-15-8-9-18-13-6-4-5-7-13/h11-13,15H,4-10H2,1-3H3,(H,16,17). The lowest BCUT2D eigenvalue weighted by atomic mass is 10.1. The van der Waals surface area contributed by atoms with Crippen LogP contribution in [-0.4, -0.2) is 37.7 Å². The lowest BCUT2D eigenvalue weighted by Gasteiger charge is -2.17. The van der Waals surface area contributed by atoms with Gasteiger partial charge in [0.1, 0.15) is 0 Å². The quantitative estimate of drug-likeness (QED) is 0.650. The SMILES string of the molecule is CC(C)C(C)NC(=O)CNCCOC1CCCC1. The third kappa shape index (κ3) is 6.36. The number of amides is 1. The van der Waals surface area contributed by atoms with Gasteiger partial charge in [-0.1, -0.05) is 26.7 Å². The molecule has 1 rings (SSSR count). The molecule has 0 aromatic rings. The first-order valence-corrected chi connectivity index (χ1v) is 7.21. The van der Waals surface area contributed by atoms with Crippen LogP contribution < -0.4 is 10.6 Å². The first-order valence-electron chi connectivity index (χ1n) is 7.21. The van der Waals surface area contributed by atoms with E-state index in [1.165, 1.54) is 25.7 Å². The molecule has 1 atom stereocenters. The maximum atomic E-state index is 11.6. The van der Waals surface area contributed by atoms with Crippen molar-refractivity contribution in [1.82, 2.24) is 10.6 Å². The van der Waals surface area contributed by atoms with E-state index in [9.17, 15) is 4.79 Å². The second-order valence-electron chi connectivity index (χ2n) is 5.55. The highest BCUT2D eigenvalue weighted by Crippen LogP contribution is 2.20. The largest absolute Gasteiger partial charge is 0.377 e. The van der Waals surface area contributed by atoms with E-state index in [1.54, 1.807) is 0 Å². The summed E-state index contributed by atoms with van der Waals surface area (Å²) in [5.74, 6) is 0.539. The average Bonchev–Trinajstić information content (AvgIpc) is 2.81. The first kappa shape index (κ1) is 15.4. The summed E-state index contributed by atoms with van der Waals surface area (Å²) in [6.07, 6.45) is 5.46. The van der Waals surface area contributed by atoms with Gasteiger partial charge < -0.3 is 15.4 Å². The van der Waals surface area contributed by atoms with Crippen LogP contribution in [0.2, 0.25) is 0 Å². The van der Waals surface area contributed by atoms with Gasteiger partial charge in [0.25, 0.3) is 0 Å². The first-order chi connectivity index (χ1) is 8.59. The zero-order valence-corrected chi connectivity index (χ0v) is 12.0. The van der Waals surface area contributed by atoms with E-state index in [1.807, 2.05) is 6.92 Å². The fourth-order valence-corrected chi connectivity index (χ4v) is 2.03. The molecule has 4 nitrogen and oxygen atoms in total. The average molecular weight is 256 g/mol. The third-order valence-corrected chi connectivity index (χ3v) is 3.61. The van der Waals surface area contributed by atoms with Crippen LogP contribution in [0.15, 0.2) is 0 Å². The molecule has 1 aliphatic carbocycles. The van der Waals surface area contributed by atoms with E-state index in [0.29, 0.717) is 25.2 Å². The predicted octanol–water partition coefficient (Wildman–Crippen LogP) is 1.70. The molecule has 0 aromatic heterocycles. The van der Waals surface area contributed by atoms with Gasteiger partial charge in [0.2, 0.25) is 5.91 Å². The molecule has 1 fully saturated rings. The Labute approximate surface area is 111 Å². The van der Waals surface area contributed by atoms with Crippen LogP contribution in [0.4, 0.5) is 0 Å². The summed E-state index contributed by atoms with van der Waals surface area (Å²) >= 11 is 0. The molecule has 0 spiro atoms. The number of nitrogens with one attached hydrogen (secondary N) is 2. The lowest BCUT2D eigenvalue weighted by Crippen LogP contribution is -2.42. The van der Waals surface area contributed by atoms with Gasteiger partial charge >= 0.3 is 0 Å². The zero-order chi connectivity index (χ0) is 13.4. The monoisotopic (exact) mass is 256 g/mol. The van der Waals surface area contributed by atoms with Crippen LogP contribution in [0.5, 0.6) is 0 Å². The molecular weight excluding hydrogens is 228 g/mol. The van der Waals surface area contributed by atoms with Crippen molar-refractivity contribution >= 4 is 5.91 Å². The van der Waals surface area contributed by atoms with E-state index in [2.05, 4.69) is 24.5 Å². The van der Waals surface area contributed by atoms with Crippen LogP contribution in [0.3, 0.4) is 0 Å². The lowest BCUT2D eigenvalue weighted by molar-refractivity contribution is -0.121. The predicted molar refractivity (Wildman–Crippen MR) is 73.5 cm³/mol. The van der Waals surface area contributed by atoms with Crippen LogP contribution in [-0.2, 0) is 9.53 Å². The number of carbonyl (C=O) groups is 1. The smallest absolute Gasteiger partial charge is 0.234 e. The summed E-state index contributed by atoms with van der Waals surface area (Å²) in [7, 11) is 0. The van der Waals surface area contributed by atoms with Crippen molar-refractivity contribution in [2.24, 2.45) is 5.92 Å². The highest BCUT2D eigenvalue weighted by molar-refractivity contribution is 5.78. The van der Waals surface area contributed by atoms with Crippen molar-refractivity contribution in [3.8, 4) is 0 Å². The molecule has 0 bridgehead atoms. The van der Waals surface area contributed by atoms with Crippen molar-refractivity contribution in [2.75, 3.05) is 19.7 Å². The van der Waals surface area contributed by atoms with E-state index in [-0.39, 0.29) is 11.9 Å². The van der Waals surface area contributed by atoms with Gasteiger partial charge in [-0.05, 0) is 25.7 Å². The Morgan fingerprint density at radius 2 is 1.94 bits per heavy atom. The Balaban J connectivity index is 1.95. The van der Waals surface area contributed by atoms with Crippen molar-refractivity contribution < 1.29 is 9.53 Å². The Morgan fingerprint density at radius 1 is 1.28 bits per heavy atom. The molecule has 0 radical (unpaired) electrons. The normalized spacial score (nSPS) is 18.2. The van der Waals surface area contributed by atoms with Crippen LogP contribution in [0, 0.1) is 5.92 Å². The van der Waals surface area contributed by atoms with E-state index in [0.717, 1.165) is 6.54 Å². The van der Waals surface area contributed by atoms with Crippen molar-refractivity contribution in [3.63, 3.8) is 0 Å². The summed E-state index contributed by atoms with van der Waals surface area (Å²) in [5, 5.41) is 6.09. The highest BCUT2D eigenvalue weighted by Gasteiger charge is 2.14. The number of ether oxygens (including phenoxy) is 1. The Hall–Kier alpha value is -0.610. The van der Waals surface area contributed by atoms with Crippen molar-refractivity contribution in [3.05, 3.63) is 0 Å². The Morgan fingerprint density at radius 3 is 2.56 bits per heavy atom.